The van der Waals surface area contributed by atoms with Gasteiger partial charge < -0.3 is 5.11 Å². The average Bonchev–Trinajstić information content (AvgIpc) is 2.68. The lowest BCUT2D eigenvalue weighted by atomic mass is 10.0. The van der Waals surface area contributed by atoms with E-state index in [4.69, 9.17) is 5.11 Å². The third-order valence-corrected chi connectivity index (χ3v) is 4.90. The lowest BCUT2D eigenvalue weighted by Crippen LogP contribution is -1.84. The zero-order valence-corrected chi connectivity index (χ0v) is 18.3. The predicted octanol–water partition coefficient (Wildman–Crippen LogP) is 8.56. The molecule has 2 heteroatoms. The molecule has 0 aromatic carbocycles. The number of allylic oxidation sites excluding steroid dienone is 7. The number of hydrogen-bond donors (Lipinski definition) is 1. The van der Waals surface area contributed by atoms with Crippen LogP contribution in [0.25, 0.3) is 0 Å². The van der Waals surface area contributed by atoms with E-state index in [0.29, 0.717) is 0 Å². The van der Waals surface area contributed by atoms with E-state index in [-0.39, 0.29) is 0 Å². The molecule has 0 spiro atoms. The van der Waals surface area contributed by atoms with Crippen molar-refractivity contribution in [2.45, 2.75) is 110 Å². The first-order valence-electron chi connectivity index (χ1n) is 11.7. The van der Waals surface area contributed by atoms with Crippen LogP contribution in [0.2, 0.25) is 0 Å². The van der Waals surface area contributed by atoms with Crippen LogP contribution in [-0.4, -0.2) is 11.1 Å². The van der Waals surface area contributed by atoms with Crippen LogP contribution < -0.4 is 0 Å². The number of carboxylic acid groups (broad SMARTS) is 1. The molecule has 0 amide bonds. The van der Waals surface area contributed by atoms with E-state index in [1.165, 1.54) is 102 Å². The second-order valence-electron chi connectivity index (χ2n) is 7.63. The fourth-order valence-electron chi connectivity index (χ4n) is 3.20. The van der Waals surface area contributed by atoms with E-state index >= 15 is 0 Å². The van der Waals surface area contributed by atoms with E-state index in [0.717, 1.165) is 12.5 Å². The van der Waals surface area contributed by atoms with Crippen molar-refractivity contribution in [1.29, 1.82) is 0 Å². The van der Waals surface area contributed by atoms with Crippen LogP contribution in [0.5, 0.6) is 0 Å². The maximum atomic E-state index is 10.3. The average molecular weight is 389 g/mol. The van der Waals surface area contributed by atoms with Gasteiger partial charge in [0, 0.05) is 6.08 Å². The lowest BCUT2D eigenvalue weighted by molar-refractivity contribution is -0.131. The highest BCUT2D eigenvalue weighted by molar-refractivity contribution is 5.80. The van der Waals surface area contributed by atoms with Crippen molar-refractivity contribution in [2.75, 3.05) is 0 Å². The van der Waals surface area contributed by atoms with Gasteiger partial charge in [0.05, 0.1) is 0 Å². The molecule has 0 atom stereocenters. The number of aliphatic carboxylic acids is 1. The highest BCUT2D eigenvalue weighted by Gasteiger charge is 1.94. The summed E-state index contributed by atoms with van der Waals surface area (Å²) >= 11 is 0. The van der Waals surface area contributed by atoms with Gasteiger partial charge in [-0.3, -0.25) is 0 Å². The van der Waals surface area contributed by atoms with Crippen LogP contribution in [0.4, 0.5) is 0 Å². The monoisotopic (exact) mass is 388 g/mol. The second kappa shape index (κ2) is 23.5. The summed E-state index contributed by atoms with van der Waals surface area (Å²) in [5.74, 6) is -0.919. The minimum atomic E-state index is -0.919. The van der Waals surface area contributed by atoms with E-state index < -0.39 is 5.97 Å². The van der Waals surface area contributed by atoms with Crippen molar-refractivity contribution in [2.24, 2.45) is 0 Å². The maximum Gasteiger partial charge on any atom is 0.328 e. The van der Waals surface area contributed by atoms with Gasteiger partial charge in [0.15, 0.2) is 0 Å². The Bertz CT molecular complexity index is 443. The van der Waals surface area contributed by atoms with Crippen molar-refractivity contribution in [3.05, 3.63) is 48.6 Å². The topological polar surface area (TPSA) is 37.3 Å². The third-order valence-electron chi connectivity index (χ3n) is 4.90. The van der Waals surface area contributed by atoms with Crippen LogP contribution in [-0.2, 0) is 4.79 Å². The first-order valence-corrected chi connectivity index (χ1v) is 11.7. The number of rotatable bonds is 20. The smallest absolute Gasteiger partial charge is 0.328 e. The highest BCUT2D eigenvalue weighted by Crippen LogP contribution is 2.13. The quantitative estimate of drug-likeness (QED) is 0.129. The molecule has 0 bridgehead atoms. The molecule has 0 rings (SSSR count). The largest absolute Gasteiger partial charge is 0.478 e. The van der Waals surface area contributed by atoms with Gasteiger partial charge in [-0.15, -0.1) is 0 Å². The first-order chi connectivity index (χ1) is 13.8. The zero-order chi connectivity index (χ0) is 20.5. The lowest BCUT2D eigenvalue weighted by Gasteiger charge is -2.03. The Kier molecular flexibility index (Phi) is 22.2. The molecule has 0 unspecified atom stereocenters. The summed E-state index contributed by atoms with van der Waals surface area (Å²) in [6, 6.07) is 0. The third kappa shape index (κ3) is 24.4. The molecular weight excluding hydrogens is 344 g/mol. The number of hydrogen-bond acceptors (Lipinski definition) is 1. The van der Waals surface area contributed by atoms with Crippen molar-refractivity contribution in [3.8, 4) is 0 Å². The molecule has 0 aliphatic heterocycles. The molecular formula is C26H44O2. The Balaban J connectivity index is 3.24. The van der Waals surface area contributed by atoms with Crippen molar-refractivity contribution >= 4 is 5.97 Å². The molecule has 160 valence electrons. The van der Waals surface area contributed by atoms with Gasteiger partial charge in [0.25, 0.3) is 0 Å². The Morgan fingerprint density at radius 2 is 0.964 bits per heavy atom. The molecule has 0 heterocycles. The minimum absolute atomic E-state index is 0.919. The van der Waals surface area contributed by atoms with E-state index in [9.17, 15) is 4.79 Å². The van der Waals surface area contributed by atoms with Gasteiger partial charge in [0.2, 0.25) is 0 Å². The Morgan fingerprint density at radius 3 is 1.43 bits per heavy atom. The fraction of sp³-hybridized carbons (Fsp3) is 0.654. The standard InChI is InChI=1S/C26H44O2/c1-2-3-4-5-6-7-8-9-10-11-12-13-14-15-16-17-18-19-20-21-22-23-24-25-26(27)28/h18-25H,2-17H2,1H3,(H,27,28). The van der Waals surface area contributed by atoms with Crippen LogP contribution >= 0.6 is 0 Å². The van der Waals surface area contributed by atoms with E-state index in [1.807, 2.05) is 18.2 Å². The normalized spacial score (nSPS) is 12.3. The Hall–Kier alpha value is -1.57. The molecule has 0 aliphatic rings. The molecule has 1 N–H and O–H groups in total. The summed E-state index contributed by atoms with van der Waals surface area (Å²) in [6.07, 6.45) is 36.6. The molecule has 0 saturated heterocycles. The summed E-state index contributed by atoms with van der Waals surface area (Å²) in [7, 11) is 0. The van der Waals surface area contributed by atoms with Crippen molar-refractivity contribution in [3.63, 3.8) is 0 Å². The fourth-order valence-corrected chi connectivity index (χ4v) is 3.20. The molecule has 0 saturated carbocycles. The van der Waals surface area contributed by atoms with Gasteiger partial charge in [-0.05, 0) is 12.8 Å². The number of unbranched alkanes of at least 4 members (excludes halogenated alkanes) is 15. The maximum absolute atomic E-state index is 10.3. The Labute approximate surface area is 174 Å². The van der Waals surface area contributed by atoms with Crippen LogP contribution in [0, 0.1) is 0 Å². The van der Waals surface area contributed by atoms with Crippen LogP contribution in [0.15, 0.2) is 48.6 Å². The van der Waals surface area contributed by atoms with Crippen LogP contribution in [0.1, 0.15) is 110 Å². The second-order valence-corrected chi connectivity index (χ2v) is 7.63. The van der Waals surface area contributed by atoms with Crippen molar-refractivity contribution in [1.82, 2.24) is 0 Å². The molecule has 0 radical (unpaired) electrons. The number of carboxylic acids is 1. The van der Waals surface area contributed by atoms with Gasteiger partial charge in [-0.2, -0.15) is 0 Å². The van der Waals surface area contributed by atoms with Gasteiger partial charge in [-0.25, -0.2) is 4.79 Å². The van der Waals surface area contributed by atoms with E-state index in [1.54, 1.807) is 6.08 Å². The summed E-state index contributed by atoms with van der Waals surface area (Å²) in [6.45, 7) is 2.28. The first kappa shape index (κ1) is 26.4. The Morgan fingerprint density at radius 1 is 0.571 bits per heavy atom. The molecule has 0 aliphatic carbocycles. The SMILES string of the molecule is CCCCCCCCCCCCCCCCCC=CC=CC=CC=CC(=O)O. The summed E-state index contributed by atoms with van der Waals surface area (Å²) in [5, 5.41) is 8.44. The van der Waals surface area contributed by atoms with Crippen LogP contribution in [0.3, 0.4) is 0 Å². The highest BCUT2D eigenvalue weighted by atomic mass is 16.4. The molecule has 28 heavy (non-hydrogen) atoms. The molecule has 2 nitrogen and oxygen atoms in total. The van der Waals surface area contributed by atoms with Gasteiger partial charge >= 0.3 is 5.97 Å². The number of carbonyl (C=O) groups is 1. The zero-order valence-electron chi connectivity index (χ0n) is 18.3. The molecule has 0 aromatic heterocycles. The van der Waals surface area contributed by atoms with Gasteiger partial charge in [0.1, 0.15) is 0 Å². The summed E-state index contributed by atoms with van der Waals surface area (Å²) < 4.78 is 0. The van der Waals surface area contributed by atoms with Crippen molar-refractivity contribution < 1.29 is 9.90 Å². The summed E-state index contributed by atoms with van der Waals surface area (Å²) in [4.78, 5) is 10.3. The molecule has 0 fully saturated rings. The van der Waals surface area contributed by atoms with E-state index in [2.05, 4.69) is 19.1 Å². The van der Waals surface area contributed by atoms with Gasteiger partial charge in [-0.1, -0.05) is 139 Å². The summed E-state index contributed by atoms with van der Waals surface area (Å²) in [5.41, 5.74) is 0. The predicted molar refractivity (Wildman–Crippen MR) is 124 cm³/mol. The minimum Gasteiger partial charge on any atom is -0.478 e. The molecule has 0 aromatic rings.